The molecule has 1 aromatic carbocycles. The van der Waals surface area contributed by atoms with Gasteiger partial charge in [-0.1, -0.05) is 30.0 Å². The van der Waals surface area contributed by atoms with Gasteiger partial charge in [-0.3, -0.25) is 0 Å². The summed E-state index contributed by atoms with van der Waals surface area (Å²) in [6.07, 6.45) is -3.77. The SMILES string of the molecule is CCCSc1nc(N[C@@H]2C[C@H]2c2ccc(F)c(F)c2)c2nnn([C@H]3[C@H](O)[C@H](O)[C@@H](OCCO)[C@@H]3O)c2n1. The highest BCUT2D eigenvalue weighted by atomic mass is 32.2. The fraction of sp³-hybridized carbons (Fsp3) is 0.565. The number of aliphatic hydroxyl groups is 4. The summed E-state index contributed by atoms with van der Waals surface area (Å²) in [5.74, 6) is -0.699. The maximum atomic E-state index is 13.7. The molecule has 2 aromatic heterocycles. The highest BCUT2D eigenvalue weighted by Crippen LogP contribution is 2.44. The van der Waals surface area contributed by atoms with Crippen LogP contribution in [0.3, 0.4) is 0 Å². The van der Waals surface area contributed by atoms with Gasteiger partial charge in [-0.25, -0.2) is 23.4 Å². The number of anilines is 1. The number of hydrogen-bond acceptors (Lipinski definition) is 11. The molecule has 37 heavy (non-hydrogen) atoms. The lowest BCUT2D eigenvalue weighted by Crippen LogP contribution is -2.36. The van der Waals surface area contributed by atoms with Crippen molar-refractivity contribution in [1.29, 1.82) is 0 Å². The smallest absolute Gasteiger partial charge is 0.191 e. The van der Waals surface area contributed by atoms with E-state index in [1.807, 2.05) is 6.92 Å². The van der Waals surface area contributed by atoms with Gasteiger partial charge in [0.1, 0.15) is 30.5 Å². The summed E-state index contributed by atoms with van der Waals surface area (Å²) in [4.78, 5) is 9.15. The average molecular weight is 539 g/mol. The number of aliphatic hydroxyl groups excluding tert-OH is 4. The standard InChI is InChI=1S/C23H28F2N6O5S/c1-2-7-37-23-27-21(26-14-9-11(14)10-3-4-12(24)13(25)8-10)15-22(28-23)31(30-29-15)16-17(33)19(35)20(18(16)34)36-6-5-32/h3-4,8,11,14,16-20,32-35H,2,5-7,9H2,1H3,(H,26,27,28)/t11-,14+,16-,17-,18+,19-,20-/m0/s1. The number of fused-ring (bicyclic) bond motifs is 1. The number of hydrogen-bond donors (Lipinski definition) is 5. The number of rotatable bonds is 10. The van der Waals surface area contributed by atoms with E-state index in [4.69, 9.17) is 9.84 Å². The van der Waals surface area contributed by atoms with Crippen LogP contribution in [-0.4, -0.2) is 94.8 Å². The molecule has 7 atom stereocenters. The molecular formula is C23H28F2N6O5S. The second kappa shape index (κ2) is 10.7. The topological polar surface area (TPSA) is 159 Å². The minimum Gasteiger partial charge on any atom is -0.394 e. The van der Waals surface area contributed by atoms with Gasteiger partial charge in [-0.15, -0.1) is 5.10 Å². The van der Waals surface area contributed by atoms with Crippen molar-refractivity contribution in [2.75, 3.05) is 24.3 Å². The molecule has 5 N–H and O–H groups in total. The van der Waals surface area contributed by atoms with E-state index in [9.17, 15) is 24.1 Å². The molecule has 200 valence electrons. The number of benzene rings is 1. The molecule has 0 spiro atoms. The second-order valence-corrected chi connectivity index (χ2v) is 10.3. The summed E-state index contributed by atoms with van der Waals surface area (Å²) in [6.45, 7) is 1.59. The Morgan fingerprint density at radius 3 is 2.68 bits per heavy atom. The first kappa shape index (κ1) is 26.1. The highest BCUT2D eigenvalue weighted by Gasteiger charge is 2.52. The third kappa shape index (κ3) is 5.01. The molecule has 0 radical (unpaired) electrons. The van der Waals surface area contributed by atoms with E-state index >= 15 is 0 Å². The molecule has 5 rings (SSSR count). The molecule has 0 unspecified atom stereocenters. The minimum absolute atomic E-state index is 0.0417. The molecule has 2 saturated carbocycles. The molecule has 2 aliphatic carbocycles. The van der Waals surface area contributed by atoms with E-state index in [1.54, 1.807) is 6.07 Å². The van der Waals surface area contributed by atoms with Crippen LogP contribution in [0.25, 0.3) is 11.2 Å². The molecule has 0 saturated heterocycles. The van der Waals surface area contributed by atoms with Crippen LogP contribution < -0.4 is 5.32 Å². The van der Waals surface area contributed by atoms with Gasteiger partial charge in [-0.05, 0) is 30.5 Å². The third-order valence-corrected chi connectivity index (χ3v) is 7.68. The number of nitrogens with zero attached hydrogens (tertiary/aromatic N) is 5. The van der Waals surface area contributed by atoms with Crippen LogP contribution in [0.2, 0.25) is 0 Å². The molecule has 11 nitrogen and oxygen atoms in total. The molecule has 14 heteroatoms. The van der Waals surface area contributed by atoms with Crippen LogP contribution in [0.4, 0.5) is 14.6 Å². The normalized spacial score (nSPS) is 29.2. The summed E-state index contributed by atoms with van der Waals surface area (Å²) in [6, 6.07) is 2.66. The van der Waals surface area contributed by atoms with Crippen molar-refractivity contribution in [3.63, 3.8) is 0 Å². The maximum Gasteiger partial charge on any atom is 0.191 e. The Balaban J connectivity index is 1.45. The molecule has 0 amide bonds. The highest BCUT2D eigenvalue weighted by molar-refractivity contribution is 7.99. The second-order valence-electron chi connectivity index (χ2n) is 9.20. The van der Waals surface area contributed by atoms with Gasteiger partial charge in [0.15, 0.2) is 33.8 Å². The molecule has 0 bridgehead atoms. The molecular weight excluding hydrogens is 510 g/mol. The first-order chi connectivity index (χ1) is 17.8. The first-order valence-corrected chi connectivity index (χ1v) is 13.1. The Kier molecular flexibility index (Phi) is 7.56. The van der Waals surface area contributed by atoms with Crippen molar-refractivity contribution in [2.24, 2.45) is 0 Å². The van der Waals surface area contributed by atoms with Gasteiger partial charge in [-0.2, -0.15) is 0 Å². The van der Waals surface area contributed by atoms with Crippen LogP contribution in [0.5, 0.6) is 0 Å². The van der Waals surface area contributed by atoms with E-state index < -0.39 is 42.1 Å². The van der Waals surface area contributed by atoms with Crippen molar-refractivity contribution in [2.45, 2.75) is 67.3 Å². The quantitative estimate of drug-likeness (QED) is 0.185. The zero-order valence-corrected chi connectivity index (χ0v) is 20.7. The number of ether oxygens (including phenoxy) is 1. The van der Waals surface area contributed by atoms with Crippen molar-refractivity contribution >= 4 is 28.7 Å². The number of nitrogens with one attached hydrogen (secondary N) is 1. The molecule has 2 heterocycles. The Hall–Kier alpha value is -2.49. The minimum atomic E-state index is -1.43. The van der Waals surface area contributed by atoms with Crippen LogP contribution in [0, 0.1) is 11.6 Å². The van der Waals surface area contributed by atoms with E-state index in [0.717, 1.165) is 18.2 Å². The first-order valence-electron chi connectivity index (χ1n) is 12.1. The summed E-state index contributed by atoms with van der Waals surface area (Å²) in [5, 5.41) is 53.1. The van der Waals surface area contributed by atoms with Crippen molar-refractivity contribution < 1.29 is 33.9 Å². The van der Waals surface area contributed by atoms with E-state index in [2.05, 4.69) is 25.6 Å². The number of aromatic nitrogens is 5. The summed E-state index contributed by atoms with van der Waals surface area (Å²) < 4.78 is 33.7. The van der Waals surface area contributed by atoms with Crippen LogP contribution in [0.15, 0.2) is 23.4 Å². The Morgan fingerprint density at radius 2 is 1.95 bits per heavy atom. The van der Waals surface area contributed by atoms with Gasteiger partial charge in [0.05, 0.1) is 13.2 Å². The number of halogens is 2. The lowest BCUT2D eigenvalue weighted by molar-refractivity contribution is -0.0890. The maximum absolute atomic E-state index is 13.7. The largest absolute Gasteiger partial charge is 0.394 e. The monoisotopic (exact) mass is 538 g/mol. The predicted molar refractivity (Wildman–Crippen MR) is 129 cm³/mol. The predicted octanol–water partition coefficient (Wildman–Crippen LogP) is 0.984. The van der Waals surface area contributed by atoms with Crippen molar-refractivity contribution in [3.8, 4) is 0 Å². The van der Waals surface area contributed by atoms with E-state index in [-0.39, 0.29) is 30.8 Å². The molecule has 3 aromatic rings. The van der Waals surface area contributed by atoms with E-state index in [0.29, 0.717) is 28.5 Å². The van der Waals surface area contributed by atoms with Crippen molar-refractivity contribution in [1.82, 2.24) is 25.0 Å². The van der Waals surface area contributed by atoms with Gasteiger partial charge >= 0.3 is 0 Å². The Bertz CT molecular complexity index is 1270. The zero-order valence-electron chi connectivity index (χ0n) is 19.9. The lowest BCUT2D eigenvalue weighted by atomic mass is 10.1. The summed E-state index contributed by atoms with van der Waals surface area (Å²) >= 11 is 1.42. The molecule has 0 aliphatic heterocycles. The van der Waals surface area contributed by atoms with Crippen LogP contribution in [-0.2, 0) is 4.74 Å². The van der Waals surface area contributed by atoms with Crippen LogP contribution >= 0.6 is 11.8 Å². The lowest BCUT2D eigenvalue weighted by Gasteiger charge is -2.20. The van der Waals surface area contributed by atoms with Gasteiger partial charge in [0.2, 0.25) is 0 Å². The van der Waals surface area contributed by atoms with E-state index in [1.165, 1.54) is 22.5 Å². The van der Waals surface area contributed by atoms with Crippen LogP contribution in [0.1, 0.15) is 37.3 Å². The summed E-state index contributed by atoms with van der Waals surface area (Å²) in [5.41, 5.74) is 1.22. The summed E-state index contributed by atoms with van der Waals surface area (Å²) in [7, 11) is 0. The number of thioether (sulfide) groups is 1. The zero-order chi connectivity index (χ0) is 26.3. The Labute approximate surface area is 214 Å². The van der Waals surface area contributed by atoms with Gasteiger partial charge in [0, 0.05) is 17.7 Å². The van der Waals surface area contributed by atoms with Gasteiger partial charge < -0.3 is 30.5 Å². The fourth-order valence-corrected chi connectivity index (χ4v) is 5.37. The third-order valence-electron chi connectivity index (χ3n) is 6.63. The Morgan fingerprint density at radius 1 is 1.14 bits per heavy atom. The molecule has 2 fully saturated rings. The molecule has 2 aliphatic rings. The average Bonchev–Trinajstić information content (AvgIpc) is 3.47. The van der Waals surface area contributed by atoms with Gasteiger partial charge in [0.25, 0.3) is 0 Å². The van der Waals surface area contributed by atoms with Crippen molar-refractivity contribution in [3.05, 3.63) is 35.4 Å². The fourth-order valence-electron chi connectivity index (χ4n) is 4.68.